The molecule has 0 fully saturated rings. The average Bonchev–Trinajstić information content (AvgIpc) is 2.76. The largest absolute Gasteiger partial charge is 0.299 e. The number of nitrogens with one attached hydrogen (secondary N) is 1. The van der Waals surface area contributed by atoms with Crippen molar-refractivity contribution >= 4 is 27.6 Å². The maximum Gasteiger partial charge on any atom is 0.299 e. The third-order valence-electron chi connectivity index (χ3n) is 2.34. The molecule has 0 amide bonds. The standard InChI is InChI=1S/C9H5N5O2/c15-14(16)6-4-5-2-1-3-10-7(5)9-8(6)11-13-12-9/h1-4H,(H,11,12,13). The van der Waals surface area contributed by atoms with E-state index in [1.54, 1.807) is 18.3 Å². The second-order valence-corrected chi connectivity index (χ2v) is 3.25. The molecule has 16 heavy (non-hydrogen) atoms. The van der Waals surface area contributed by atoms with Gasteiger partial charge in [-0.3, -0.25) is 15.1 Å². The van der Waals surface area contributed by atoms with Crippen LogP contribution in [0.4, 0.5) is 5.69 Å². The highest BCUT2D eigenvalue weighted by Crippen LogP contribution is 2.28. The molecular weight excluding hydrogens is 210 g/mol. The van der Waals surface area contributed by atoms with E-state index in [9.17, 15) is 10.1 Å². The molecule has 0 aliphatic carbocycles. The molecule has 0 aliphatic heterocycles. The third-order valence-corrected chi connectivity index (χ3v) is 2.34. The SMILES string of the molecule is O=[N+]([O-])c1cc2cccnc2c2n[nH]nc12. The molecule has 3 rings (SSSR count). The summed E-state index contributed by atoms with van der Waals surface area (Å²) in [4.78, 5) is 14.5. The molecule has 0 radical (unpaired) electrons. The van der Waals surface area contributed by atoms with Gasteiger partial charge in [-0.15, -0.1) is 5.10 Å². The highest BCUT2D eigenvalue weighted by Gasteiger charge is 2.18. The first-order valence-electron chi connectivity index (χ1n) is 4.50. The number of nitro benzene ring substituents is 1. The van der Waals surface area contributed by atoms with Crippen LogP contribution >= 0.6 is 0 Å². The molecule has 2 heterocycles. The predicted octanol–water partition coefficient (Wildman–Crippen LogP) is 1.41. The van der Waals surface area contributed by atoms with Gasteiger partial charge in [0, 0.05) is 17.6 Å². The van der Waals surface area contributed by atoms with Gasteiger partial charge in [0.2, 0.25) is 0 Å². The summed E-state index contributed by atoms with van der Waals surface area (Å²) in [6.07, 6.45) is 1.61. The van der Waals surface area contributed by atoms with E-state index >= 15 is 0 Å². The summed E-state index contributed by atoms with van der Waals surface area (Å²) < 4.78 is 0. The number of hydrogen-bond donors (Lipinski definition) is 1. The van der Waals surface area contributed by atoms with E-state index in [0.29, 0.717) is 16.4 Å². The summed E-state index contributed by atoms with van der Waals surface area (Å²) in [6, 6.07) is 4.93. The maximum absolute atomic E-state index is 10.9. The number of aromatic nitrogens is 4. The molecule has 1 aromatic carbocycles. The lowest BCUT2D eigenvalue weighted by atomic mass is 10.1. The van der Waals surface area contributed by atoms with E-state index in [-0.39, 0.29) is 11.2 Å². The van der Waals surface area contributed by atoms with Gasteiger partial charge < -0.3 is 0 Å². The molecule has 78 valence electrons. The van der Waals surface area contributed by atoms with Crippen molar-refractivity contribution in [3.8, 4) is 0 Å². The van der Waals surface area contributed by atoms with Gasteiger partial charge in [0.1, 0.15) is 11.0 Å². The van der Waals surface area contributed by atoms with E-state index < -0.39 is 4.92 Å². The van der Waals surface area contributed by atoms with Crippen LogP contribution in [0, 0.1) is 10.1 Å². The molecule has 2 aromatic heterocycles. The first kappa shape index (κ1) is 8.72. The molecule has 1 N–H and O–H groups in total. The third kappa shape index (κ3) is 1.05. The van der Waals surface area contributed by atoms with Crippen LogP contribution in [0.5, 0.6) is 0 Å². The number of pyridine rings is 1. The van der Waals surface area contributed by atoms with E-state index in [1.165, 1.54) is 6.07 Å². The van der Waals surface area contributed by atoms with Gasteiger partial charge in [-0.2, -0.15) is 10.3 Å². The molecule has 0 unspecified atom stereocenters. The number of non-ortho nitro benzene ring substituents is 1. The van der Waals surface area contributed by atoms with E-state index in [4.69, 9.17) is 0 Å². The molecule has 0 saturated carbocycles. The summed E-state index contributed by atoms with van der Waals surface area (Å²) >= 11 is 0. The van der Waals surface area contributed by atoms with Crippen molar-refractivity contribution in [1.82, 2.24) is 20.4 Å². The zero-order valence-electron chi connectivity index (χ0n) is 7.91. The Kier molecular flexibility index (Phi) is 1.61. The molecule has 0 atom stereocenters. The number of nitro groups is 1. The van der Waals surface area contributed by atoms with Crippen molar-refractivity contribution in [2.45, 2.75) is 0 Å². The normalized spacial score (nSPS) is 11.0. The molecular formula is C9H5N5O2. The zero-order chi connectivity index (χ0) is 11.1. The highest BCUT2D eigenvalue weighted by atomic mass is 16.6. The molecule has 7 heteroatoms. The fraction of sp³-hybridized carbons (Fsp3) is 0. The zero-order valence-corrected chi connectivity index (χ0v) is 7.91. The summed E-state index contributed by atoms with van der Waals surface area (Å²) in [5.41, 5.74) is 1.20. The number of hydrogen-bond acceptors (Lipinski definition) is 5. The molecule has 7 nitrogen and oxygen atoms in total. The summed E-state index contributed by atoms with van der Waals surface area (Å²) in [6.45, 7) is 0. The molecule has 0 aliphatic rings. The monoisotopic (exact) mass is 215 g/mol. The minimum atomic E-state index is -0.475. The van der Waals surface area contributed by atoms with Crippen LogP contribution in [0.25, 0.3) is 21.9 Å². The van der Waals surface area contributed by atoms with Gasteiger partial charge in [0.15, 0.2) is 5.52 Å². The minimum absolute atomic E-state index is 0.0655. The lowest BCUT2D eigenvalue weighted by Gasteiger charge is -1.97. The fourth-order valence-electron chi connectivity index (χ4n) is 1.66. The van der Waals surface area contributed by atoms with Gasteiger partial charge in [0.25, 0.3) is 5.69 Å². The van der Waals surface area contributed by atoms with E-state index in [2.05, 4.69) is 20.4 Å². The van der Waals surface area contributed by atoms with Crippen molar-refractivity contribution in [3.05, 3.63) is 34.5 Å². The van der Waals surface area contributed by atoms with Crippen LogP contribution < -0.4 is 0 Å². The number of aromatic amines is 1. The topological polar surface area (TPSA) is 97.6 Å². The number of benzene rings is 1. The van der Waals surface area contributed by atoms with Crippen molar-refractivity contribution in [2.75, 3.05) is 0 Å². The van der Waals surface area contributed by atoms with Gasteiger partial charge in [-0.25, -0.2) is 0 Å². The van der Waals surface area contributed by atoms with E-state index in [1.807, 2.05) is 0 Å². The minimum Gasteiger partial charge on any atom is -0.258 e. The maximum atomic E-state index is 10.9. The Labute approximate surface area is 88.3 Å². The molecule has 3 aromatic rings. The van der Waals surface area contributed by atoms with Gasteiger partial charge >= 0.3 is 0 Å². The lowest BCUT2D eigenvalue weighted by Crippen LogP contribution is -1.91. The van der Waals surface area contributed by atoms with Gasteiger partial charge in [0.05, 0.1) is 4.92 Å². The van der Waals surface area contributed by atoms with Crippen molar-refractivity contribution in [2.24, 2.45) is 0 Å². The van der Waals surface area contributed by atoms with Crippen LogP contribution in [0.1, 0.15) is 0 Å². The smallest absolute Gasteiger partial charge is 0.258 e. The van der Waals surface area contributed by atoms with Crippen molar-refractivity contribution < 1.29 is 4.92 Å². The summed E-state index contributed by atoms with van der Waals surface area (Å²) in [5, 5.41) is 21.6. The van der Waals surface area contributed by atoms with Crippen LogP contribution in [0.2, 0.25) is 0 Å². The second-order valence-electron chi connectivity index (χ2n) is 3.25. The number of H-pyrrole nitrogens is 1. The Morgan fingerprint density at radius 3 is 2.88 bits per heavy atom. The van der Waals surface area contributed by atoms with Crippen LogP contribution in [-0.4, -0.2) is 25.3 Å². The second kappa shape index (κ2) is 2.96. The highest BCUT2D eigenvalue weighted by molar-refractivity contribution is 6.05. The Hall–Kier alpha value is -2.57. The quantitative estimate of drug-likeness (QED) is 0.488. The fourth-order valence-corrected chi connectivity index (χ4v) is 1.66. The van der Waals surface area contributed by atoms with Crippen molar-refractivity contribution in [3.63, 3.8) is 0 Å². The first-order chi connectivity index (χ1) is 7.77. The Morgan fingerprint density at radius 2 is 2.06 bits per heavy atom. The van der Waals surface area contributed by atoms with E-state index in [0.717, 1.165) is 0 Å². The summed E-state index contributed by atoms with van der Waals surface area (Å²) in [7, 11) is 0. The van der Waals surface area contributed by atoms with Crippen molar-refractivity contribution in [1.29, 1.82) is 0 Å². The molecule has 0 spiro atoms. The Balaban J connectivity index is 2.58. The number of nitrogens with zero attached hydrogens (tertiary/aromatic N) is 4. The van der Waals surface area contributed by atoms with Gasteiger partial charge in [-0.05, 0) is 6.07 Å². The average molecular weight is 215 g/mol. The van der Waals surface area contributed by atoms with Crippen LogP contribution in [0.15, 0.2) is 24.4 Å². The first-order valence-corrected chi connectivity index (χ1v) is 4.50. The number of fused-ring (bicyclic) bond motifs is 3. The van der Waals surface area contributed by atoms with Gasteiger partial charge in [-0.1, -0.05) is 6.07 Å². The number of rotatable bonds is 1. The molecule has 0 saturated heterocycles. The Bertz CT molecular complexity index is 705. The predicted molar refractivity (Wildman–Crippen MR) is 55.8 cm³/mol. The lowest BCUT2D eigenvalue weighted by molar-refractivity contribution is -0.383. The van der Waals surface area contributed by atoms with Crippen LogP contribution in [0.3, 0.4) is 0 Å². The Morgan fingerprint density at radius 1 is 1.25 bits per heavy atom. The molecule has 0 bridgehead atoms. The summed E-state index contributed by atoms with van der Waals surface area (Å²) in [5.74, 6) is 0. The van der Waals surface area contributed by atoms with Crippen LogP contribution in [-0.2, 0) is 0 Å².